The third-order valence-corrected chi connectivity index (χ3v) is 4.82. The number of hydrogen-bond acceptors (Lipinski definition) is 6. The number of thiazole rings is 1. The van der Waals surface area contributed by atoms with Crippen molar-refractivity contribution in [2.24, 2.45) is 5.73 Å². The van der Waals surface area contributed by atoms with Gasteiger partial charge in [-0.05, 0) is 32.8 Å². The van der Waals surface area contributed by atoms with Gasteiger partial charge in [0.1, 0.15) is 0 Å². The van der Waals surface area contributed by atoms with Crippen molar-refractivity contribution < 1.29 is 19.1 Å². The number of aromatic nitrogens is 2. The molecule has 2 aromatic heterocycles. The number of rotatable bonds is 10. The van der Waals surface area contributed by atoms with Crippen molar-refractivity contribution in [3.8, 4) is 5.13 Å². The molecular formula is C18H24N4O4S. The van der Waals surface area contributed by atoms with E-state index in [1.165, 1.54) is 11.3 Å². The zero-order valence-electron chi connectivity index (χ0n) is 15.5. The van der Waals surface area contributed by atoms with Gasteiger partial charge in [0, 0.05) is 41.5 Å². The van der Waals surface area contributed by atoms with Crippen molar-refractivity contribution in [3.05, 3.63) is 34.6 Å². The molecule has 0 fully saturated rings. The fourth-order valence-electron chi connectivity index (χ4n) is 2.74. The van der Waals surface area contributed by atoms with Crippen LogP contribution in [-0.4, -0.2) is 40.5 Å². The number of aryl methyl sites for hydroxylation is 1. The lowest BCUT2D eigenvalue weighted by Crippen LogP contribution is -2.29. The normalized spacial score (nSPS) is 10.6. The molecule has 0 spiro atoms. The van der Waals surface area contributed by atoms with Gasteiger partial charge in [-0.25, -0.2) is 9.78 Å². The third kappa shape index (κ3) is 5.92. The molecule has 0 radical (unpaired) electrons. The van der Waals surface area contributed by atoms with E-state index in [2.05, 4.69) is 10.3 Å². The summed E-state index contributed by atoms with van der Waals surface area (Å²) in [7, 11) is 0. The smallest absolute Gasteiger partial charge is 0.312 e. The molecule has 0 atom stereocenters. The minimum atomic E-state index is -0.554. The molecule has 0 aliphatic rings. The van der Waals surface area contributed by atoms with Gasteiger partial charge >= 0.3 is 12.0 Å². The molecule has 27 heavy (non-hydrogen) atoms. The Morgan fingerprint density at radius 2 is 2.04 bits per heavy atom. The number of nitrogens with one attached hydrogen (secondary N) is 1. The number of carbonyl (C=O) groups is 3. The lowest BCUT2D eigenvalue weighted by Gasteiger charge is -2.06. The van der Waals surface area contributed by atoms with Crippen molar-refractivity contribution in [1.82, 2.24) is 14.9 Å². The van der Waals surface area contributed by atoms with Crippen molar-refractivity contribution in [1.29, 1.82) is 0 Å². The molecule has 0 saturated carbocycles. The highest BCUT2D eigenvalue weighted by Gasteiger charge is 2.19. The van der Waals surface area contributed by atoms with Crippen LogP contribution in [0.15, 0.2) is 17.6 Å². The maximum absolute atomic E-state index is 12.4. The Hall–Kier alpha value is -2.68. The highest BCUT2D eigenvalue weighted by atomic mass is 32.1. The summed E-state index contributed by atoms with van der Waals surface area (Å²) in [6, 6.07) is 1.24. The second kappa shape index (κ2) is 9.86. The zero-order chi connectivity index (χ0) is 19.8. The highest BCUT2D eigenvalue weighted by Crippen LogP contribution is 2.22. The first kappa shape index (κ1) is 20.6. The molecule has 146 valence electrons. The number of nitrogens with two attached hydrogens (primary N) is 1. The van der Waals surface area contributed by atoms with Gasteiger partial charge in [-0.2, -0.15) is 0 Å². The van der Waals surface area contributed by atoms with E-state index in [1.807, 2.05) is 23.8 Å². The van der Waals surface area contributed by atoms with E-state index in [9.17, 15) is 14.4 Å². The first-order valence-corrected chi connectivity index (χ1v) is 9.59. The number of unbranched alkanes of at least 4 members (excludes halogenated alkanes) is 2. The van der Waals surface area contributed by atoms with E-state index < -0.39 is 12.0 Å². The second-order valence-electron chi connectivity index (χ2n) is 6.12. The number of ether oxygens (including phenoxy) is 1. The molecule has 9 heteroatoms. The first-order valence-electron chi connectivity index (χ1n) is 8.71. The number of urea groups is 1. The van der Waals surface area contributed by atoms with Gasteiger partial charge in [0.25, 0.3) is 0 Å². The molecule has 8 nitrogen and oxygen atoms in total. The van der Waals surface area contributed by atoms with Gasteiger partial charge in [-0.15, -0.1) is 11.3 Å². The molecule has 2 heterocycles. The summed E-state index contributed by atoms with van der Waals surface area (Å²) in [6.45, 7) is 3.97. The van der Waals surface area contributed by atoms with Crippen molar-refractivity contribution in [3.63, 3.8) is 0 Å². The predicted molar refractivity (Wildman–Crippen MR) is 102 cm³/mol. The van der Waals surface area contributed by atoms with Crippen molar-refractivity contribution in [2.75, 3.05) is 13.2 Å². The number of amides is 2. The standard InChI is InChI=1S/C18H24N4O4S/c1-12-10-14(13(2)22(12)18-21-8-9-27-18)15(23)11-26-16(24)6-4-3-5-7-20-17(19)25/h8-10H,3-7,11H2,1-2H3,(H3,19,20,25). The quantitative estimate of drug-likeness (QED) is 0.366. The van der Waals surface area contributed by atoms with Gasteiger partial charge in [0.05, 0.1) is 0 Å². The van der Waals surface area contributed by atoms with Crippen LogP contribution >= 0.6 is 11.3 Å². The van der Waals surface area contributed by atoms with Crippen molar-refractivity contribution in [2.45, 2.75) is 39.5 Å². The molecular weight excluding hydrogens is 368 g/mol. The van der Waals surface area contributed by atoms with Gasteiger partial charge in [-0.1, -0.05) is 6.42 Å². The molecule has 2 rings (SSSR count). The van der Waals surface area contributed by atoms with Gasteiger partial charge in [-0.3, -0.25) is 14.2 Å². The second-order valence-corrected chi connectivity index (χ2v) is 6.99. The molecule has 2 aromatic rings. The Labute approximate surface area is 161 Å². The average molecular weight is 392 g/mol. The summed E-state index contributed by atoms with van der Waals surface area (Å²) >= 11 is 1.49. The van der Waals surface area contributed by atoms with Gasteiger partial charge in [0.15, 0.2) is 11.7 Å². The SMILES string of the molecule is Cc1cc(C(=O)COC(=O)CCCCCNC(N)=O)c(C)n1-c1nccs1. The number of esters is 1. The molecule has 2 amide bonds. The maximum atomic E-state index is 12.4. The Kier molecular flexibility index (Phi) is 7.54. The first-order chi connectivity index (χ1) is 12.9. The van der Waals surface area contributed by atoms with E-state index in [-0.39, 0.29) is 18.8 Å². The van der Waals surface area contributed by atoms with Crippen LogP contribution in [0.1, 0.15) is 47.4 Å². The number of carbonyl (C=O) groups excluding carboxylic acids is 3. The van der Waals surface area contributed by atoms with Crippen LogP contribution in [0.4, 0.5) is 4.79 Å². The fourth-order valence-corrected chi connectivity index (χ4v) is 3.50. The summed E-state index contributed by atoms with van der Waals surface area (Å²) in [5, 5.41) is 5.16. The number of primary amides is 1. The molecule has 0 aromatic carbocycles. The number of Topliss-reactive ketones (excluding diaryl/α,β-unsaturated/α-hetero) is 1. The Morgan fingerprint density at radius 3 is 2.70 bits per heavy atom. The summed E-state index contributed by atoms with van der Waals surface area (Å²) in [4.78, 5) is 39.0. The van der Waals surface area contributed by atoms with Crippen LogP contribution in [0.2, 0.25) is 0 Å². The lowest BCUT2D eigenvalue weighted by molar-refractivity contribution is -0.142. The van der Waals surface area contributed by atoms with E-state index in [4.69, 9.17) is 10.5 Å². The summed E-state index contributed by atoms with van der Waals surface area (Å²) in [5.41, 5.74) is 7.18. The number of hydrogen-bond donors (Lipinski definition) is 2. The average Bonchev–Trinajstić information content (AvgIpc) is 3.23. The van der Waals surface area contributed by atoms with Crippen LogP contribution < -0.4 is 11.1 Å². The Bertz CT molecular complexity index is 799. The summed E-state index contributed by atoms with van der Waals surface area (Å²) in [6.07, 6.45) is 4.08. The largest absolute Gasteiger partial charge is 0.457 e. The minimum Gasteiger partial charge on any atom is -0.457 e. The van der Waals surface area contributed by atoms with Crippen LogP contribution in [0, 0.1) is 13.8 Å². The fraction of sp³-hybridized carbons (Fsp3) is 0.444. The van der Waals surface area contributed by atoms with E-state index in [1.54, 1.807) is 12.3 Å². The third-order valence-electron chi connectivity index (χ3n) is 4.06. The zero-order valence-corrected chi connectivity index (χ0v) is 16.3. The lowest BCUT2D eigenvalue weighted by atomic mass is 10.1. The van der Waals surface area contributed by atoms with Crippen molar-refractivity contribution >= 4 is 29.1 Å². The molecule has 0 saturated heterocycles. The number of nitrogens with zero attached hydrogens (tertiary/aromatic N) is 2. The van der Waals surface area contributed by atoms with Gasteiger partial charge < -0.3 is 15.8 Å². The minimum absolute atomic E-state index is 0.232. The molecule has 0 unspecified atom stereocenters. The molecule has 0 bridgehead atoms. The molecule has 0 aliphatic heterocycles. The predicted octanol–water partition coefficient (Wildman–Crippen LogP) is 2.51. The van der Waals surface area contributed by atoms with E-state index >= 15 is 0 Å². The van der Waals surface area contributed by atoms with E-state index in [0.717, 1.165) is 29.4 Å². The van der Waals surface area contributed by atoms with Crippen LogP contribution in [0.5, 0.6) is 0 Å². The van der Waals surface area contributed by atoms with E-state index in [0.29, 0.717) is 18.5 Å². The summed E-state index contributed by atoms with van der Waals surface area (Å²) in [5.74, 6) is -0.634. The monoisotopic (exact) mass is 392 g/mol. The topological polar surface area (TPSA) is 116 Å². The molecule has 0 aliphatic carbocycles. The van der Waals surface area contributed by atoms with Crippen LogP contribution in [0.25, 0.3) is 5.13 Å². The van der Waals surface area contributed by atoms with Gasteiger partial charge in [0.2, 0.25) is 5.78 Å². The van der Waals surface area contributed by atoms with Crippen LogP contribution in [0.3, 0.4) is 0 Å². The Balaban J connectivity index is 1.78. The Morgan fingerprint density at radius 1 is 1.26 bits per heavy atom. The molecule has 3 N–H and O–H groups in total. The highest BCUT2D eigenvalue weighted by molar-refractivity contribution is 7.12. The van der Waals surface area contributed by atoms with Crippen LogP contribution in [-0.2, 0) is 9.53 Å². The summed E-state index contributed by atoms with van der Waals surface area (Å²) < 4.78 is 7.01. The number of ketones is 1. The maximum Gasteiger partial charge on any atom is 0.312 e.